The van der Waals surface area contributed by atoms with Crippen molar-refractivity contribution in [3.63, 3.8) is 0 Å². The third kappa shape index (κ3) is 62.8. The second-order valence-corrected chi connectivity index (χ2v) is 27.2. The van der Waals surface area contributed by atoms with E-state index >= 15 is 0 Å². The largest absolute Gasteiger partial charge is 0.460 e. The van der Waals surface area contributed by atoms with Gasteiger partial charge in [0.2, 0.25) is 6.79 Å². The van der Waals surface area contributed by atoms with Crippen LogP contribution in [0.1, 0.15) is 271 Å². The van der Waals surface area contributed by atoms with E-state index in [1.807, 2.05) is 0 Å². The number of alkyl carbamates (subject to hydrolysis) is 1. The van der Waals surface area contributed by atoms with Crippen LogP contribution in [0.25, 0.3) is 0 Å². The number of unbranched alkanes of at least 4 members (excludes halogenated alkanes) is 33. The molecular weight excluding hydrogens is 1350 g/mol. The fourth-order valence-corrected chi connectivity index (χ4v) is 11.7. The van der Waals surface area contributed by atoms with E-state index in [1.54, 1.807) is 14.0 Å². The van der Waals surface area contributed by atoms with Crippen molar-refractivity contribution in [2.24, 2.45) is 5.16 Å². The number of oxime groups is 1. The Morgan fingerprint density at radius 1 is 0.423 bits per heavy atom. The number of hydrogen-bond donors (Lipinski definition) is 6. The molecule has 1 aliphatic rings. The summed E-state index contributed by atoms with van der Waals surface area (Å²) in [5.41, 5.74) is 0.508. The number of nitrogens with zero attached hydrogens (tertiary/aromatic N) is 1. The minimum atomic E-state index is -1.77. The topological polar surface area (TPSA) is 324 Å². The molecule has 26 nitrogen and oxygen atoms in total. The Morgan fingerprint density at radius 3 is 1.15 bits per heavy atom. The van der Waals surface area contributed by atoms with Crippen LogP contribution in [0.2, 0.25) is 0 Å². The quantitative estimate of drug-likeness (QED) is 0.0108. The number of rotatable bonds is 81. The van der Waals surface area contributed by atoms with Crippen molar-refractivity contribution >= 4 is 23.7 Å². The molecule has 616 valence electrons. The van der Waals surface area contributed by atoms with Crippen LogP contribution in [-0.2, 0) is 85.5 Å². The molecule has 1 rings (SSSR count). The molecular formula is C78H150N2O24. The van der Waals surface area contributed by atoms with Crippen LogP contribution < -0.4 is 5.32 Å². The van der Waals surface area contributed by atoms with Crippen molar-refractivity contribution in [2.75, 3.05) is 159 Å². The van der Waals surface area contributed by atoms with Gasteiger partial charge in [0.1, 0.15) is 43.2 Å². The summed E-state index contributed by atoms with van der Waals surface area (Å²) in [5, 5.41) is 60.1. The number of aliphatic hydroxyl groups is 5. The minimum Gasteiger partial charge on any atom is -0.460 e. The summed E-state index contributed by atoms with van der Waals surface area (Å²) in [6.07, 6.45) is 31.2. The highest BCUT2D eigenvalue weighted by atomic mass is 16.7. The Bertz CT molecular complexity index is 1880. The zero-order valence-electron chi connectivity index (χ0n) is 65.4. The summed E-state index contributed by atoms with van der Waals surface area (Å²) in [4.78, 5) is 45.0. The van der Waals surface area contributed by atoms with Crippen molar-refractivity contribution in [3.8, 4) is 0 Å². The van der Waals surface area contributed by atoms with E-state index in [2.05, 4.69) is 24.3 Å². The Hall–Kier alpha value is -3.00. The summed E-state index contributed by atoms with van der Waals surface area (Å²) in [7, 11) is 1.63. The second-order valence-electron chi connectivity index (χ2n) is 27.2. The average Bonchev–Trinajstić information content (AvgIpc) is 0.819. The van der Waals surface area contributed by atoms with E-state index in [1.165, 1.54) is 167 Å². The fraction of sp³-hybridized carbons (Fsp3) is 0.949. The van der Waals surface area contributed by atoms with Crippen LogP contribution in [0.15, 0.2) is 5.16 Å². The van der Waals surface area contributed by atoms with E-state index in [0.29, 0.717) is 137 Å². The molecule has 0 spiro atoms. The average molecular weight is 1500 g/mol. The first kappa shape index (κ1) is 99.0. The maximum Gasteiger partial charge on any atom is 0.410 e. The Labute approximate surface area is 627 Å². The molecule has 0 unspecified atom stereocenters. The SMILES string of the molecule is CCCCCCCCCCCCCCCCCCCCCCCCCC(=O)O[C@H](CCCCCCCCCCCCCC)[C@@H](O)[C@H](CO[C@H]1O[C@H](CO)[C@H](O)[C@H](O)[C@H]1O)NC(=O)OCOC(=O)CC/C(C)=N/OCCOCCOCCOCCOCCOCCOCCOCCOCCOCCOC. The highest BCUT2D eigenvalue weighted by molar-refractivity contribution is 5.85. The first-order chi connectivity index (χ1) is 51.0. The van der Waals surface area contributed by atoms with Crippen molar-refractivity contribution < 1.29 is 116 Å². The molecule has 1 heterocycles. The molecule has 0 aliphatic carbocycles. The number of ether oxygens (including phenoxy) is 15. The van der Waals surface area contributed by atoms with Crippen LogP contribution in [0.5, 0.6) is 0 Å². The lowest BCUT2D eigenvalue weighted by Gasteiger charge is -2.40. The van der Waals surface area contributed by atoms with Gasteiger partial charge in [0, 0.05) is 13.5 Å². The van der Waals surface area contributed by atoms with Crippen LogP contribution in [-0.4, -0.2) is 257 Å². The number of nitrogens with one attached hydrogen (secondary N) is 1. The zero-order valence-corrected chi connectivity index (χ0v) is 65.4. The molecule has 6 N–H and O–H groups in total. The number of carbonyl (C=O) groups excluding carboxylic acids is 3. The Balaban J connectivity index is 2.51. The molecule has 0 aromatic rings. The second kappa shape index (κ2) is 76.8. The van der Waals surface area contributed by atoms with E-state index in [9.17, 15) is 39.9 Å². The summed E-state index contributed by atoms with van der Waals surface area (Å²) in [5.74, 6) is -1.18. The molecule has 1 saturated heterocycles. The smallest absolute Gasteiger partial charge is 0.410 e. The van der Waals surface area contributed by atoms with Gasteiger partial charge in [-0.15, -0.1) is 0 Å². The molecule has 104 heavy (non-hydrogen) atoms. The standard InChI is InChI=1S/C78H150N2O24/c1-5-7-9-11-13-15-17-19-20-21-22-23-24-25-26-27-28-29-31-33-35-37-39-41-72(83)103-69(40-38-36-34-32-30-18-16-14-12-10-8-6-2)73(84)68(65-99-77-76(87)75(86)74(85)70(64-81)104-77)79-78(88)101-66-100-71(82)43-42-67(3)80-102-63-62-98-61-60-97-59-58-96-57-56-95-55-54-94-53-52-93-51-50-92-49-48-91-47-46-90-45-44-89-4/h68-70,73-77,81,84-87H,5-66H2,1-4H3,(H,79,88)/b80-67+/t68-,69+,70+,73-,74-,75-,76+,77-/m0/s1. The van der Waals surface area contributed by atoms with Crippen LogP contribution >= 0.6 is 0 Å². The van der Waals surface area contributed by atoms with Crippen molar-refractivity contribution in [1.82, 2.24) is 5.32 Å². The summed E-state index contributed by atoms with van der Waals surface area (Å²) in [6, 6.07) is -1.37. The van der Waals surface area contributed by atoms with E-state index < -0.39 is 87.0 Å². The van der Waals surface area contributed by atoms with Gasteiger partial charge in [-0.25, -0.2) is 4.79 Å². The van der Waals surface area contributed by atoms with Gasteiger partial charge < -0.3 is 107 Å². The van der Waals surface area contributed by atoms with Crippen LogP contribution in [0.4, 0.5) is 4.79 Å². The van der Waals surface area contributed by atoms with Crippen LogP contribution in [0.3, 0.4) is 0 Å². The van der Waals surface area contributed by atoms with Gasteiger partial charge in [-0.1, -0.05) is 231 Å². The third-order valence-electron chi connectivity index (χ3n) is 18.0. The summed E-state index contributed by atoms with van der Waals surface area (Å²) < 4.78 is 82.1. The Morgan fingerprint density at radius 2 is 0.779 bits per heavy atom. The number of amides is 1. The van der Waals surface area contributed by atoms with E-state index in [0.717, 1.165) is 44.9 Å². The molecule has 1 fully saturated rings. The monoisotopic (exact) mass is 1500 g/mol. The predicted octanol–water partition coefficient (Wildman–Crippen LogP) is 12.1. The fourth-order valence-electron chi connectivity index (χ4n) is 11.7. The summed E-state index contributed by atoms with van der Waals surface area (Å²) >= 11 is 0. The number of carbonyl (C=O) groups is 3. The zero-order chi connectivity index (χ0) is 75.5. The molecule has 8 atom stereocenters. The first-order valence-electron chi connectivity index (χ1n) is 40.7. The van der Waals surface area contributed by atoms with Crippen LogP contribution in [0, 0.1) is 0 Å². The maximum absolute atomic E-state index is 13.6. The van der Waals surface area contributed by atoms with Gasteiger partial charge in [-0.05, 0) is 32.6 Å². The van der Waals surface area contributed by atoms with Gasteiger partial charge in [-0.3, -0.25) is 9.59 Å². The van der Waals surface area contributed by atoms with Crippen molar-refractivity contribution in [3.05, 3.63) is 0 Å². The van der Waals surface area contributed by atoms with Crippen molar-refractivity contribution in [2.45, 2.75) is 320 Å². The number of hydrogen-bond acceptors (Lipinski definition) is 25. The number of aliphatic hydroxyl groups excluding tert-OH is 5. The molecule has 0 bridgehead atoms. The third-order valence-corrected chi connectivity index (χ3v) is 18.0. The number of esters is 2. The van der Waals surface area contributed by atoms with Crippen molar-refractivity contribution in [1.29, 1.82) is 0 Å². The highest BCUT2D eigenvalue weighted by Gasteiger charge is 2.45. The molecule has 1 aliphatic heterocycles. The lowest BCUT2D eigenvalue weighted by molar-refractivity contribution is -0.303. The predicted molar refractivity (Wildman–Crippen MR) is 400 cm³/mol. The number of methoxy groups -OCH3 is 1. The highest BCUT2D eigenvalue weighted by Crippen LogP contribution is 2.25. The van der Waals surface area contributed by atoms with Gasteiger partial charge in [-0.2, -0.15) is 0 Å². The lowest BCUT2D eigenvalue weighted by atomic mass is 9.98. The normalized spacial score (nSPS) is 17.1. The van der Waals surface area contributed by atoms with Gasteiger partial charge >= 0.3 is 18.0 Å². The molecule has 0 saturated carbocycles. The van der Waals surface area contributed by atoms with Gasteiger partial charge in [0.25, 0.3) is 0 Å². The molecule has 1 amide bonds. The lowest BCUT2D eigenvalue weighted by Crippen LogP contribution is -2.60. The van der Waals surface area contributed by atoms with Gasteiger partial charge in [0.15, 0.2) is 6.29 Å². The Kier molecular flexibility index (Phi) is 73.1. The molecule has 0 radical (unpaired) electrons. The van der Waals surface area contributed by atoms with Gasteiger partial charge in [0.05, 0.1) is 157 Å². The van der Waals surface area contributed by atoms with E-state index in [4.69, 9.17) is 75.9 Å². The summed E-state index contributed by atoms with van der Waals surface area (Å²) in [6.45, 7) is 12.9. The minimum absolute atomic E-state index is 0.107. The maximum atomic E-state index is 13.6. The van der Waals surface area contributed by atoms with E-state index in [-0.39, 0.29) is 38.9 Å². The molecule has 0 aromatic carbocycles. The first-order valence-corrected chi connectivity index (χ1v) is 40.7. The molecule has 0 aromatic heterocycles. The molecule has 26 heteroatoms.